The smallest absolute Gasteiger partial charge is 0.251 e. The Morgan fingerprint density at radius 1 is 1.09 bits per heavy atom. The van der Waals surface area contributed by atoms with Crippen LogP contribution in [0.2, 0.25) is 0 Å². The maximum absolute atomic E-state index is 13.7. The number of hydrogen-bond acceptors (Lipinski definition) is 6. The minimum atomic E-state index is -0.743. The van der Waals surface area contributed by atoms with Crippen LogP contribution >= 0.6 is 0 Å². The van der Waals surface area contributed by atoms with Crippen molar-refractivity contribution in [2.75, 3.05) is 25.5 Å². The number of aliphatic hydroxyl groups excluding tert-OH is 1. The number of benzene rings is 2. The molecule has 0 spiro atoms. The highest BCUT2D eigenvalue weighted by atomic mass is 16.5. The summed E-state index contributed by atoms with van der Waals surface area (Å²) >= 11 is 0. The summed E-state index contributed by atoms with van der Waals surface area (Å²) < 4.78 is 11.7. The maximum atomic E-state index is 13.7. The van der Waals surface area contributed by atoms with Gasteiger partial charge >= 0.3 is 0 Å². The molecule has 0 aromatic heterocycles. The van der Waals surface area contributed by atoms with Gasteiger partial charge in [0, 0.05) is 49.5 Å². The molecule has 1 amide bonds. The molecule has 7 nitrogen and oxygen atoms in total. The molecule has 0 unspecified atom stereocenters. The lowest BCUT2D eigenvalue weighted by Crippen LogP contribution is -2.49. The van der Waals surface area contributed by atoms with Crippen molar-refractivity contribution in [3.05, 3.63) is 58.7 Å². The van der Waals surface area contributed by atoms with Gasteiger partial charge in [0.1, 0.15) is 11.4 Å². The lowest BCUT2D eigenvalue weighted by molar-refractivity contribution is 0.0567. The third kappa shape index (κ3) is 9.69. The molecule has 0 aliphatic carbocycles. The van der Waals surface area contributed by atoms with Crippen LogP contribution in [0.25, 0.3) is 0 Å². The van der Waals surface area contributed by atoms with Crippen molar-refractivity contribution in [3.8, 4) is 5.75 Å². The fourth-order valence-corrected chi connectivity index (χ4v) is 6.49. The van der Waals surface area contributed by atoms with Crippen molar-refractivity contribution in [2.45, 2.75) is 122 Å². The van der Waals surface area contributed by atoms with Gasteiger partial charge in [0.25, 0.3) is 5.91 Å². The molecule has 0 fully saturated rings. The Morgan fingerprint density at radius 2 is 1.86 bits per heavy atom. The van der Waals surface area contributed by atoms with Crippen molar-refractivity contribution < 1.29 is 19.4 Å². The van der Waals surface area contributed by atoms with Gasteiger partial charge in [-0.05, 0) is 73.9 Å². The average molecular weight is 594 g/mol. The van der Waals surface area contributed by atoms with E-state index >= 15 is 0 Å². The fraction of sp³-hybridized carbons (Fsp3) is 0.639. The lowest BCUT2D eigenvalue weighted by atomic mass is 9.87. The van der Waals surface area contributed by atoms with Crippen LogP contribution < -0.4 is 20.7 Å². The monoisotopic (exact) mass is 593 g/mol. The fourth-order valence-electron chi connectivity index (χ4n) is 6.49. The third-order valence-corrected chi connectivity index (χ3v) is 8.94. The van der Waals surface area contributed by atoms with E-state index < -0.39 is 6.10 Å². The summed E-state index contributed by atoms with van der Waals surface area (Å²) in [5.41, 5.74) is 4.57. The Morgan fingerprint density at radius 3 is 2.63 bits per heavy atom. The molecule has 7 heteroatoms. The number of rotatable bonds is 7. The van der Waals surface area contributed by atoms with E-state index in [2.05, 4.69) is 74.8 Å². The van der Waals surface area contributed by atoms with Crippen LogP contribution in [0.3, 0.4) is 0 Å². The summed E-state index contributed by atoms with van der Waals surface area (Å²) in [6, 6.07) is 12.0. The largest absolute Gasteiger partial charge is 0.487 e. The van der Waals surface area contributed by atoms with Gasteiger partial charge in [-0.2, -0.15) is 0 Å². The van der Waals surface area contributed by atoms with E-state index in [4.69, 9.17) is 9.47 Å². The second-order valence-corrected chi connectivity index (χ2v) is 13.8. The average Bonchev–Trinajstić information content (AvgIpc) is 2.95. The van der Waals surface area contributed by atoms with Gasteiger partial charge in [-0.25, -0.2) is 0 Å². The van der Waals surface area contributed by atoms with E-state index in [9.17, 15) is 9.90 Å². The van der Waals surface area contributed by atoms with E-state index in [1.54, 1.807) is 7.11 Å². The quantitative estimate of drug-likeness (QED) is 0.274. The molecule has 0 saturated carbocycles. The number of hydrogen-bond donors (Lipinski definition) is 4. The normalized spacial score (nSPS) is 23.9. The molecule has 43 heavy (non-hydrogen) atoms. The molecule has 238 valence electrons. The summed E-state index contributed by atoms with van der Waals surface area (Å²) in [5, 5.41) is 22.0. The summed E-state index contributed by atoms with van der Waals surface area (Å²) in [4.78, 5) is 13.7. The summed E-state index contributed by atoms with van der Waals surface area (Å²) in [6.07, 6.45) is 7.81. The van der Waals surface area contributed by atoms with Crippen LogP contribution in [-0.4, -0.2) is 49.0 Å². The number of amides is 1. The van der Waals surface area contributed by atoms with Crippen molar-refractivity contribution in [2.24, 2.45) is 5.92 Å². The lowest BCUT2D eigenvalue weighted by Gasteiger charge is -2.39. The molecule has 2 heterocycles. The van der Waals surface area contributed by atoms with Crippen molar-refractivity contribution >= 4 is 11.6 Å². The Kier molecular flexibility index (Phi) is 11.9. The highest BCUT2D eigenvalue weighted by molar-refractivity contribution is 5.95. The first-order chi connectivity index (χ1) is 20.5. The van der Waals surface area contributed by atoms with Crippen molar-refractivity contribution in [1.82, 2.24) is 10.6 Å². The van der Waals surface area contributed by atoms with E-state index in [0.717, 1.165) is 54.8 Å². The zero-order valence-corrected chi connectivity index (χ0v) is 27.3. The van der Waals surface area contributed by atoms with Crippen LogP contribution in [0.15, 0.2) is 36.4 Å². The van der Waals surface area contributed by atoms with E-state index in [-0.39, 0.29) is 23.6 Å². The molecule has 0 saturated heterocycles. The molecule has 4 rings (SSSR count). The number of aliphatic hydroxyl groups is 1. The topological polar surface area (TPSA) is 91.9 Å². The molecule has 2 aromatic carbocycles. The van der Waals surface area contributed by atoms with E-state index in [1.807, 2.05) is 12.1 Å². The Bertz CT molecular complexity index is 1200. The van der Waals surface area contributed by atoms with Gasteiger partial charge in [0.15, 0.2) is 0 Å². The molecule has 4 N–H and O–H groups in total. The Labute approximate surface area is 259 Å². The van der Waals surface area contributed by atoms with Crippen LogP contribution in [0, 0.1) is 5.92 Å². The number of anilines is 1. The minimum Gasteiger partial charge on any atom is -0.487 e. The Balaban J connectivity index is 1.54. The SMILES string of the molecule is COCc1cc2cc(c1)C(=O)N[C@H]([C@H](O)CN[C@H]1CC(C)(C)Oc3ccc(C(C)C)cc31)C[C@H](C)CCCCCCCN2. The zero-order chi connectivity index (χ0) is 31.0. The van der Waals surface area contributed by atoms with Crippen molar-refractivity contribution in [1.29, 1.82) is 0 Å². The zero-order valence-electron chi connectivity index (χ0n) is 27.3. The van der Waals surface area contributed by atoms with Gasteiger partial charge < -0.3 is 30.5 Å². The standard InChI is InChI=1S/C36H55N3O4/c1-24(2)27-13-14-34-30(20-27)32(21-36(4,5)43-34)38-22-33(40)31-16-25(3)12-10-8-7-9-11-15-37-29-18-26(23-42-6)17-28(19-29)35(41)39-31/h13-14,17-20,24-25,31-33,37-38,40H,7-12,15-16,21-23H2,1-6H3,(H,39,41)/t25-,31+,32+,33-/m1/s1. The number of carbonyl (C=O) groups excluding carboxylic acids is 1. The van der Waals surface area contributed by atoms with Gasteiger partial charge in [0.05, 0.1) is 18.8 Å². The molecule has 2 aliphatic rings. The van der Waals surface area contributed by atoms with Crippen LogP contribution in [0.4, 0.5) is 5.69 Å². The van der Waals surface area contributed by atoms with Crippen LogP contribution in [0.5, 0.6) is 5.75 Å². The maximum Gasteiger partial charge on any atom is 0.251 e. The predicted octanol–water partition coefficient (Wildman–Crippen LogP) is 7.10. The molecule has 2 bridgehead atoms. The molecule has 0 radical (unpaired) electrons. The van der Waals surface area contributed by atoms with Crippen LogP contribution in [0.1, 0.15) is 125 Å². The third-order valence-electron chi connectivity index (χ3n) is 8.94. The van der Waals surface area contributed by atoms with Gasteiger partial charge in [-0.1, -0.05) is 65.0 Å². The number of methoxy groups -OCH3 is 1. The molecular formula is C36H55N3O4. The summed E-state index contributed by atoms with van der Waals surface area (Å²) in [5.74, 6) is 1.55. The highest BCUT2D eigenvalue weighted by Gasteiger charge is 2.35. The summed E-state index contributed by atoms with van der Waals surface area (Å²) in [7, 11) is 1.67. The first-order valence-electron chi connectivity index (χ1n) is 16.5. The van der Waals surface area contributed by atoms with E-state index in [1.165, 1.54) is 31.2 Å². The molecular weight excluding hydrogens is 538 g/mol. The molecule has 2 aliphatic heterocycles. The first kappa shape index (κ1) is 33.3. The highest BCUT2D eigenvalue weighted by Crippen LogP contribution is 2.40. The molecule has 4 atom stereocenters. The summed E-state index contributed by atoms with van der Waals surface area (Å²) in [6.45, 7) is 12.6. The van der Waals surface area contributed by atoms with Gasteiger partial charge in [0.2, 0.25) is 0 Å². The number of ether oxygens (including phenoxy) is 2. The number of nitrogens with one attached hydrogen (secondary N) is 3. The van der Waals surface area contributed by atoms with Crippen molar-refractivity contribution in [3.63, 3.8) is 0 Å². The predicted molar refractivity (Wildman–Crippen MR) is 175 cm³/mol. The second-order valence-electron chi connectivity index (χ2n) is 13.8. The number of carbonyl (C=O) groups is 1. The van der Waals surface area contributed by atoms with Gasteiger partial charge in [-0.3, -0.25) is 4.79 Å². The molecule has 2 aromatic rings. The number of fused-ring (bicyclic) bond motifs is 3. The Hall–Kier alpha value is -2.61. The second kappa shape index (κ2) is 15.4. The van der Waals surface area contributed by atoms with Crippen LogP contribution in [-0.2, 0) is 11.3 Å². The minimum absolute atomic E-state index is 0.0470. The van der Waals surface area contributed by atoms with Gasteiger partial charge in [-0.15, -0.1) is 0 Å². The first-order valence-corrected chi connectivity index (χ1v) is 16.5. The van der Waals surface area contributed by atoms with E-state index in [0.29, 0.717) is 30.6 Å².